The molecule has 60 valence electrons. The van der Waals surface area contributed by atoms with Crippen LogP contribution < -0.4 is 0 Å². The van der Waals surface area contributed by atoms with Crippen LogP contribution in [0.3, 0.4) is 0 Å². The van der Waals surface area contributed by atoms with Gasteiger partial charge in [0.15, 0.2) is 0 Å². The lowest BCUT2D eigenvalue weighted by atomic mass is 10.0. The summed E-state index contributed by atoms with van der Waals surface area (Å²) in [6, 6.07) is 7.98. The summed E-state index contributed by atoms with van der Waals surface area (Å²) in [6.45, 7) is 2.18. The fourth-order valence-electron chi connectivity index (χ4n) is 0.880. The molecule has 0 radical (unpaired) electrons. The van der Waals surface area contributed by atoms with E-state index in [0.29, 0.717) is 5.92 Å². The third kappa shape index (κ3) is 2.49. The first-order valence-corrected chi connectivity index (χ1v) is 5.05. The fraction of sp³-hybridized carbons (Fsp3) is 0.333. The monoisotopic (exact) mass is 232 g/mol. The molecule has 0 nitrogen and oxygen atoms in total. The second-order valence-corrected chi connectivity index (χ2v) is 3.69. The van der Waals surface area contributed by atoms with Crippen LogP contribution in [0.25, 0.3) is 0 Å². The molecule has 11 heavy (non-hydrogen) atoms. The van der Waals surface area contributed by atoms with Crippen LogP contribution >= 0.6 is 27.5 Å². The lowest BCUT2D eigenvalue weighted by Crippen LogP contribution is -1.92. The highest BCUT2D eigenvalue weighted by molar-refractivity contribution is 9.09. The molecular weight excluding hydrogens is 223 g/mol. The number of hydrogen-bond acceptors (Lipinski definition) is 0. The van der Waals surface area contributed by atoms with Gasteiger partial charge in [0.25, 0.3) is 0 Å². The highest BCUT2D eigenvalue weighted by atomic mass is 79.9. The maximum Gasteiger partial charge on any atom is 0.0406 e. The van der Waals surface area contributed by atoms with Gasteiger partial charge in [0.1, 0.15) is 0 Å². The number of halogens is 2. The van der Waals surface area contributed by atoms with Gasteiger partial charge in [0.2, 0.25) is 0 Å². The van der Waals surface area contributed by atoms with E-state index < -0.39 is 0 Å². The summed E-state index contributed by atoms with van der Waals surface area (Å²) >= 11 is 9.18. The Labute approximate surface area is 80.7 Å². The van der Waals surface area contributed by atoms with E-state index in [1.165, 1.54) is 5.56 Å². The molecule has 0 heterocycles. The molecule has 1 atom stereocenters. The summed E-state index contributed by atoms with van der Waals surface area (Å²) in [5, 5.41) is 1.80. The average Bonchev–Trinajstić information content (AvgIpc) is 2.05. The Hall–Kier alpha value is -0.0100. The Bertz CT molecular complexity index is 218. The lowest BCUT2D eigenvalue weighted by Gasteiger charge is -2.06. The van der Waals surface area contributed by atoms with Crippen molar-refractivity contribution in [2.75, 3.05) is 5.33 Å². The first kappa shape index (κ1) is 9.08. The zero-order valence-electron chi connectivity index (χ0n) is 6.35. The maximum absolute atomic E-state index is 5.75. The van der Waals surface area contributed by atoms with Gasteiger partial charge in [0.05, 0.1) is 0 Å². The first-order chi connectivity index (χ1) is 5.24. The zero-order valence-corrected chi connectivity index (χ0v) is 8.69. The largest absolute Gasteiger partial charge is 0.0922 e. The van der Waals surface area contributed by atoms with Gasteiger partial charge in [-0.05, 0) is 23.6 Å². The summed E-state index contributed by atoms with van der Waals surface area (Å²) < 4.78 is 0. The summed E-state index contributed by atoms with van der Waals surface area (Å²) in [5.74, 6) is 0.562. The predicted octanol–water partition coefficient (Wildman–Crippen LogP) is 3.84. The molecule has 0 amide bonds. The molecule has 0 saturated heterocycles. The summed E-state index contributed by atoms with van der Waals surface area (Å²) in [4.78, 5) is 0. The zero-order chi connectivity index (χ0) is 8.27. The van der Waals surface area contributed by atoms with E-state index in [2.05, 4.69) is 35.0 Å². The summed E-state index contributed by atoms with van der Waals surface area (Å²) in [7, 11) is 0. The van der Waals surface area contributed by atoms with Crippen molar-refractivity contribution in [3.8, 4) is 0 Å². The maximum atomic E-state index is 5.75. The van der Waals surface area contributed by atoms with Crippen LogP contribution in [0.1, 0.15) is 18.4 Å². The van der Waals surface area contributed by atoms with Crippen LogP contribution in [0.5, 0.6) is 0 Å². The van der Waals surface area contributed by atoms with Gasteiger partial charge >= 0.3 is 0 Å². The molecule has 0 aromatic heterocycles. The minimum absolute atomic E-state index is 0.562. The normalized spacial score (nSPS) is 13.0. The van der Waals surface area contributed by atoms with E-state index in [4.69, 9.17) is 11.6 Å². The SMILES string of the molecule is CC(CBr)c1ccc(Cl)cc1. The van der Waals surface area contributed by atoms with Crippen LogP contribution in [0, 0.1) is 0 Å². The molecule has 1 aromatic rings. The van der Waals surface area contributed by atoms with Crippen molar-refractivity contribution < 1.29 is 0 Å². The average molecular weight is 234 g/mol. The number of rotatable bonds is 2. The Kier molecular flexibility index (Phi) is 3.41. The topological polar surface area (TPSA) is 0 Å². The van der Waals surface area contributed by atoms with Crippen LogP contribution in [0.15, 0.2) is 24.3 Å². The molecule has 0 aliphatic carbocycles. The highest BCUT2D eigenvalue weighted by Crippen LogP contribution is 2.19. The molecule has 0 spiro atoms. The second-order valence-electron chi connectivity index (χ2n) is 2.61. The molecular formula is C9H10BrCl. The van der Waals surface area contributed by atoms with E-state index in [-0.39, 0.29) is 0 Å². The minimum atomic E-state index is 0.562. The quantitative estimate of drug-likeness (QED) is 0.681. The van der Waals surface area contributed by atoms with Gasteiger partial charge < -0.3 is 0 Å². The Morgan fingerprint density at radius 1 is 1.36 bits per heavy atom. The molecule has 0 aliphatic rings. The third-order valence-electron chi connectivity index (χ3n) is 1.67. The van der Waals surface area contributed by atoms with E-state index in [0.717, 1.165) is 10.4 Å². The molecule has 0 N–H and O–H groups in total. The van der Waals surface area contributed by atoms with Crippen LogP contribution in [0.2, 0.25) is 5.02 Å². The van der Waals surface area contributed by atoms with Crippen molar-refractivity contribution in [1.82, 2.24) is 0 Å². The van der Waals surface area contributed by atoms with Crippen molar-refractivity contribution in [1.29, 1.82) is 0 Å². The van der Waals surface area contributed by atoms with Gasteiger partial charge in [-0.3, -0.25) is 0 Å². The van der Waals surface area contributed by atoms with Crippen LogP contribution in [-0.4, -0.2) is 5.33 Å². The molecule has 0 saturated carbocycles. The smallest absolute Gasteiger partial charge is 0.0406 e. The van der Waals surface area contributed by atoms with E-state index in [9.17, 15) is 0 Å². The molecule has 1 aromatic carbocycles. The first-order valence-electron chi connectivity index (χ1n) is 3.55. The van der Waals surface area contributed by atoms with Crippen LogP contribution in [0.4, 0.5) is 0 Å². The van der Waals surface area contributed by atoms with Gasteiger partial charge in [-0.1, -0.05) is 46.6 Å². The van der Waals surface area contributed by atoms with Crippen molar-refractivity contribution in [2.24, 2.45) is 0 Å². The standard InChI is InChI=1S/C9H10BrCl/c1-7(6-10)8-2-4-9(11)5-3-8/h2-5,7H,6H2,1H3. The molecule has 1 unspecified atom stereocenters. The third-order valence-corrected chi connectivity index (χ3v) is 2.89. The van der Waals surface area contributed by atoms with E-state index in [1.807, 2.05) is 12.1 Å². The molecule has 2 heteroatoms. The van der Waals surface area contributed by atoms with Crippen molar-refractivity contribution in [2.45, 2.75) is 12.8 Å². The summed E-state index contributed by atoms with van der Waals surface area (Å²) in [6.07, 6.45) is 0. The van der Waals surface area contributed by atoms with Gasteiger partial charge in [0, 0.05) is 10.4 Å². The minimum Gasteiger partial charge on any atom is -0.0922 e. The number of hydrogen-bond donors (Lipinski definition) is 0. The summed E-state index contributed by atoms with van der Waals surface area (Å²) in [5.41, 5.74) is 1.33. The van der Waals surface area contributed by atoms with E-state index in [1.54, 1.807) is 0 Å². The van der Waals surface area contributed by atoms with E-state index >= 15 is 0 Å². The van der Waals surface area contributed by atoms with Crippen LogP contribution in [-0.2, 0) is 0 Å². The number of benzene rings is 1. The number of alkyl halides is 1. The van der Waals surface area contributed by atoms with Gasteiger partial charge in [-0.25, -0.2) is 0 Å². The van der Waals surface area contributed by atoms with Crippen molar-refractivity contribution in [3.63, 3.8) is 0 Å². The molecule has 0 aliphatic heterocycles. The fourth-order valence-corrected chi connectivity index (χ4v) is 1.38. The molecule has 0 fully saturated rings. The van der Waals surface area contributed by atoms with Crippen molar-refractivity contribution in [3.05, 3.63) is 34.9 Å². The Morgan fingerprint density at radius 3 is 2.36 bits per heavy atom. The highest BCUT2D eigenvalue weighted by Gasteiger charge is 2.01. The van der Waals surface area contributed by atoms with Crippen molar-refractivity contribution >= 4 is 27.5 Å². The Balaban J connectivity index is 2.81. The van der Waals surface area contributed by atoms with Gasteiger partial charge in [-0.2, -0.15) is 0 Å². The second kappa shape index (κ2) is 4.13. The molecule has 1 rings (SSSR count). The van der Waals surface area contributed by atoms with Gasteiger partial charge in [-0.15, -0.1) is 0 Å². The molecule has 0 bridgehead atoms. The Morgan fingerprint density at radius 2 is 1.91 bits per heavy atom. The predicted molar refractivity (Wildman–Crippen MR) is 53.7 cm³/mol. The lowest BCUT2D eigenvalue weighted by molar-refractivity contribution is 0.888.